The topological polar surface area (TPSA) is 61.4 Å². The van der Waals surface area contributed by atoms with Crippen LogP contribution in [-0.4, -0.2) is 41.0 Å². The van der Waals surface area contributed by atoms with Crippen molar-refractivity contribution in [3.8, 4) is 0 Å². The van der Waals surface area contributed by atoms with Crippen LogP contribution in [0.25, 0.3) is 0 Å². The van der Waals surface area contributed by atoms with Gasteiger partial charge in [0.2, 0.25) is 11.8 Å². The summed E-state index contributed by atoms with van der Waals surface area (Å²) in [6.07, 6.45) is 0.473. The summed E-state index contributed by atoms with van der Waals surface area (Å²) >= 11 is 0. The highest BCUT2D eigenvalue weighted by atomic mass is 16.2. The number of carbonyl (C=O) groups is 2. The monoisotopic (exact) mass is 241 g/mol. The molecule has 1 aliphatic rings. The van der Waals surface area contributed by atoms with Crippen LogP contribution in [0.5, 0.6) is 0 Å². The second-order valence-electron chi connectivity index (χ2n) is 5.47. The summed E-state index contributed by atoms with van der Waals surface area (Å²) < 4.78 is 0. The average Bonchev–Trinajstić information content (AvgIpc) is 2.35. The van der Waals surface area contributed by atoms with E-state index in [-0.39, 0.29) is 17.5 Å². The van der Waals surface area contributed by atoms with Crippen molar-refractivity contribution >= 4 is 11.8 Å². The van der Waals surface area contributed by atoms with Crippen LogP contribution in [-0.2, 0) is 9.59 Å². The molecule has 0 unspecified atom stereocenters. The number of rotatable bonds is 4. The van der Waals surface area contributed by atoms with Gasteiger partial charge in [-0.3, -0.25) is 14.9 Å². The standard InChI is InChI=1S/C12H23N3O2/c1-6-9(16)13-7-8-15-10(17)11(2,3)14-12(15,4)5/h14H,6-8H2,1-5H3,(H,13,16). The Morgan fingerprint density at radius 3 is 2.35 bits per heavy atom. The van der Waals surface area contributed by atoms with E-state index in [0.717, 1.165) is 0 Å². The summed E-state index contributed by atoms with van der Waals surface area (Å²) in [6.45, 7) is 10.5. The van der Waals surface area contributed by atoms with Gasteiger partial charge in [0.1, 0.15) is 0 Å². The Hall–Kier alpha value is -1.10. The van der Waals surface area contributed by atoms with Gasteiger partial charge in [0.25, 0.3) is 0 Å². The number of carbonyl (C=O) groups excluding carboxylic acids is 2. The van der Waals surface area contributed by atoms with Crippen LogP contribution < -0.4 is 10.6 Å². The molecule has 0 atom stereocenters. The van der Waals surface area contributed by atoms with Crippen molar-refractivity contribution in [2.45, 2.75) is 52.2 Å². The molecule has 5 heteroatoms. The molecule has 1 rings (SSSR count). The summed E-state index contributed by atoms with van der Waals surface area (Å²) in [4.78, 5) is 25.0. The smallest absolute Gasteiger partial charge is 0.243 e. The molecule has 0 bridgehead atoms. The SMILES string of the molecule is CCC(=O)NCCN1C(=O)C(C)(C)NC1(C)C. The van der Waals surface area contributed by atoms with Gasteiger partial charge in [-0.15, -0.1) is 0 Å². The van der Waals surface area contributed by atoms with Crippen molar-refractivity contribution in [3.63, 3.8) is 0 Å². The molecule has 0 spiro atoms. The highest BCUT2D eigenvalue weighted by molar-refractivity contribution is 5.88. The lowest BCUT2D eigenvalue weighted by molar-refractivity contribution is -0.134. The Morgan fingerprint density at radius 2 is 1.94 bits per heavy atom. The Balaban J connectivity index is 2.58. The van der Waals surface area contributed by atoms with Gasteiger partial charge in [0, 0.05) is 19.5 Å². The third-order valence-corrected chi connectivity index (χ3v) is 3.05. The van der Waals surface area contributed by atoms with Crippen LogP contribution in [0, 0.1) is 0 Å². The van der Waals surface area contributed by atoms with Gasteiger partial charge < -0.3 is 10.2 Å². The van der Waals surface area contributed by atoms with Gasteiger partial charge in [-0.05, 0) is 27.7 Å². The minimum absolute atomic E-state index is 0.0154. The molecule has 1 saturated heterocycles. The minimum atomic E-state index is -0.529. The summed E-state index contributed by atoms with van der Waals surface area (Å²) in [6, 6.07) is 0. The van der Waals surface area contributed by atoms with Crippen molar-refractivity contribution < 1.29 is 9.59 Å². The first kappa shape index (κ1) is 14.0. The molecule has 0 aromatic rings. The van der Waals surface area contributed by atoms with Gasteiger partial charge in [-0.25, -0.2) is 0 Å². The number of hydrogen-bond donors (Lipinski definition) is 2. The van der Waals surface area contributed by atoms with Crippen molar-refractivity contribution in [1.29, 1.82) is 0 Å². The van der Waals surface area contributed by atoms with Gasteiger partial charge >= 0.3 is 0 Å². The van der Waals surface area contributed by atoms with E-state index in [1.807, 2.05) is 34.6 Å². The first-order valence-electron chi connectivity index (χ1n) is 6.09. The fourth-order valence-corrected chi connectivity index (χ4v) is 2.29. The summed E-state index contributed by atoms with van der Waals surface area (Å²) in [5.74, 6) is 0.0925. The molecular weight excluding hydrogens is 218 g/mol. The van der Waals surface area contributed by atoms with Crippen molar-refractivity contribution in [1.82, 2.24) is 15.5 Å². The Bertz CT molecular complexity index is 324. The maximum absolute atomic E-state index is 12.1. The zero-order valence-corrected chi connectivity index (χ0v) is 11.4. The molecule has 1 aliphatic heterocycles. The van der Waals surface area contributed by atoms with E-state index in [2.05, 4.69) is 10.6 Å². The molecule has 0 saturated carbocycles. The predicted molar refractivity (Wildman–Crippen MR) is 66.3 cm³/mol. The number of amides is 2. The predicted octanol–water partition coefficient (Wildman–Crippen LogP) is 0.459. The van der Waals surface area contributed by atoms with E-state index in [1.54, 1.807) is 4.90 Å². The zero-order chi connectivity index (χ0) is 13.3. The van der Waals surface area contributed by atoms with Crippen LogP contribution in [0.4, 0.5) is 0 Å². The van der Waals surface area contributed by atoms with E-state index < -0.39 is 5.54 Å². The molecule has 1 fully saturated rings. The first-order chi connectivity index (χ1) is 7.70. The molecule has 98 valence electrons. The third-order valence-electron chi connectivity index (χ3n) is 3.05. The number of nitrogens with one attached hydrogen (secondary N) is 2. The molecule has 1 heterocycles. The lowest BCUT2D eigenvalue weighted by Gasteiger charge is -2.31. The number of nitrogens with zero attached hydrogens (tertiary/aromatic N) is 1. The molecule has 0 aliphatic carbocycles. The highest BCUT2D eigenvalue weighted by Gasteiger charge is 2.48. The third kappa shape index (κ3) is 2.97. The fourth-order valence-electron chi connectivity index (χ4n) is 2.29. The van der Waals surface area contributed by atoms with E-state index >= 15 is 0 Å². The summed E-state index contributed by atoms with van der Waals surface area (Å²) in [7, 11) is 0. The second-order valence-corrected chi connectivity index (χ2v) is 5.47. The van der Waals surface area contributed by atoms with E-state index in [4.69, 9.17) is 0 Å². The van der Waals surface area contributed by atoms with Crippen molar-refractivity contribution in [2.75, 3.05) is 13.1 Å². The summed E-state index contributed by atoms with van der Waals surface area (Å²) in [5.41, 5.74) is -0.893. The molecule has 0 aromatic carbocycles. The van der Waals surface area contributed by atoms with Crippen LogP contribution in [0.3, 0.4) is 0 Å². The highest BCUT2D eigenvalue weighted by Crippen LogP contribution is 2.26. The van der Waals surface area contributed by atoms with Crippen LogP contribution >= 0.6 is 0 Å². The Labute approximate surface area is 103 Å². The summed E-state index contributed by atoms with van der Waals surface area (Å²) in [5, 5.41) is 6.07. The lowest BCUT2D eigenvalue weighted by atomic mass is 10.1. The number of hydrogen-bond acceptors (Lipinski definition) is 3. The normalized spacial score (nSPS) is 21.7. The largest absolute Gasteiger partial charge is 0.354 e. The van der Waals surface area contributed by atoms with Gasteiger partial charge in [-0.2, -0.15) is 0 Å². The average molecular weight is 241 g/mol. The zero-order valence-electron chi connectivity index (χ0n) is 11.4. The molecule has 0 aromatic heterocycles. The molecular formula is C12H23N3O2. The van der Waals surface area contributed by atoms with Crippen LogP contribution in [0.15, 0.2) is 0 Å². The Morgan fingerprint density at radius 1 is 1.35 bits per heavy atom. The first-order valence-corrected chi connectivity index (χ1v) is 6.09. The van der Waals surface area contributed by atoms with Crippen molar-refractivity contribution in [2.24, 2.45) is 0 Å². The molecule has 17 heavy (non-hydrogen) atoms. The molecule has 2 N–H and O–H groups in total. The fraction of sp³-hybridized carbons (Fsp3) is 0.833. The maximum Gasteiger partial charge on any atom is 0.243 e. The minimum Gasteiger partial charge on any atom is -0.354 e. The van der Waals surface area contributed by atoms with Gasteiger partial charge in [0.05, 0.1) is 11.2 Å². The van der Waals surface area contributed by atoms with E-state index in [0.29, 0.717) is 19.5 Å². The Kier molecular flexibility index (Phi) is 3.81. The second kappa shape index (κ2) is 4.64. The van der Waals surface area contributed by atoms with Crippen molar-refractivity contribution in [3.05, 3.63) is 0 Å². The maximum atomic E-state index is 12.1. The lowest BCUT2D eigenvalue weighted by Crippen LogP contribution is -2.50. The molecule has 2 amide bonds. The van der Waals surface area contributed by atoms with Gasteiger partial charge in [0.15, 0.2) is 0 Å². The molecule has 5 nitrogen and oxygen atoms in total. The van der Waals surface area contributed by atoms with E-state index in [1.165, 1.54) is 0 Å². The van der Waals surface area contributed by atoms with E-state index in [9.17, 15) is 9.59 Å². The quantitative estimate of drug-likeness (QED) is 0.751. The van der Waals surface area contributed by atoms with Gasteiger partial charge in [-0.1, -0.05) is 6.92 Å². The van der Waals surface area contributed by atoms with Crippen LogP contribution in [0.1, 0.15) is 41.0 Å². The van der Waals surface area contributed by atoms with Crippen LogP contribution in [0.2, 0.25) is 0 Å². The molecule has 0 radical (unpaired) electrons.